The van der Waals surface area contributed by atoms with Crippen molar-refractivity contribution in [3.8, 4) is 0 Å². The largest absolute Gasteiger partial charge is 0.478 e. The van der Waals surface area contributed by atoms with E-state index in [0.29, 0.717) is 11.5 Å². The summed E-state index contributed by atoms with van der Waals surface area (Å²) in [7, 11) is 0. The van der Waals surface area contributed by atoms with Gasteiger partial charge in [0, 0.05) is 5.57 Å². The predicted octanol–water partition coefficient (Wildman–Crippen LogP) is 3.09. The van der Waals surface area contributed by atoms with Gasteiger partial charge in [-0.05, 0) is 62.2 Å². The van der Waals surface area contributed by atoms with Crippen LogP contribution in [-0.4, -0.2) is 11.1 Å². The molecule has 88 valence electrons. The van der Waals surface area contributed by atoms with Gasteiger partial charge in [-0.1, -0.05) is 12.5 Å². The molecule has 0 heterocycles. The molecular formula is C14H20O2. The Morgan fingerprint density at radius 1 is 1.19 bits per heavy atom. The molecule has 0 aliphatic heterocycles. The van der Waals surface area contributed by atoms with Gasteiger partial charge in [-0.3, -0.25) is 0 Å². The standard InChI is InChI=1S/C14H20O2/c1-8(14(15)16)5-9-6-10-7-13(9)12-4-2-3-11(10)12/h5,9-13H,2-4,6-7H2,1H3,(H,15,16). The second-order valence-electron chi connectivity index (χ2n) is 5.97. The molecule has 2 bridgehead atoms. The molecule has 3 aliphatic rings. The fourth-order valence-corrected chi connectivity index (χ4v) is 4.71. The Labute approximate surface area is 96.7 Å². The molecule has 3 saturated carbocycles. The Morgan fingerprint density at radius 2 is 1.94 bits per heavy atom. The molecular weight excluding hydrogens is 200 g/mol. The zero-order valence-electron chi connectivity index (χ0n) is 9.86. The molecule has 1 N–H and O–H groups in total. The van der Waals surface area contributed by atoms with Crippen molar-refractivity contribution in [3.63, 3.8) is 0 Å². The van der Waals surface area contributed by atoms with Crippen molar-refractivity contribution >= 4 is 5.97 Å². The highest BCUT2D eigenvalue weighted by molar-refractivity contribution is 5.85. The smallest absolute Gasteiger partial charge is 0.330 e. The minimum atomic E-state index is -0.745. The first kappa shape index (κ1) is 10.4. The fourth-order valence-electron chi connectivity index (χ4n) is 4.71. The Morgan fingerprint density at radius 3 is 2.69 bits per heavy atom. The quantitative estimate of drug-likeness (QED) is 0.726. The van der Waals surface area contributed by atoms with Crippen LogP contribution in [0.25, 0.3) is 0 Å². The van der Waals surface area contributed by atoms with E-state index < -0.39 is 5.97 Å². The number of carbonyl (C=O) groups is 1. The van der Waals surface area contributed by atoms with Gasteiger partial charge >= 0.3 is 5.97 Å². The Balaban J connectivity index is 1.77. The van der Waals surface area contributed by atoms with Crippen molar-refractivity contribution in [1.82, 2.24) is 0 Å². The Hall–Kier alpha value is -0.790. The molecule has 0 saturated heterocycles. The Bertz CT molecular complexity index is 345. The summed E-state index contributed by atoms with van der Waals surface area (Å²) in [5.74, 6) is 3.49. The highest BCUT2D eigenvalue weighted by atomic mass is 16.4. The number of rotatable bonds is 2. The maximum Gasteiger partial charge on any atom is 0.330 e. The summed E-state index contributed by atoms with van der Waals surface area (Å²) in [4.78, 5) is 10.9. The molecule has 2 heteroatoms. The van der Waals surface area contributed by atoms with Crippen molar-refractivity contribution in [2.75, 3.05) is 0 Å². The van der Waals surface area contributed by atoms with Crippen LogP contribution in [0, 0.1) is 29.6 Å². The highest BCUT2D eigenvalue weighted by Gasteiger charge is 2.52. The third-order valence-electron chi connectivity index (χ3n) is 5.28. The van der Waals surface area contributed by atoms with Crippen molar-refractivity contribution in [1.29, 1.82) is 0 Å². The molecule has 0 spiro atoms. The number of fused-ring (bicyclic) bond motifs is 5. The van der Waals surface area contributed by atoms with Crippen LogP contribution < -0.4 is 0 Å². The third kappa shape index (κ3) is 1.42. The van der Waals surface area contributed by atoms with E-state index in [1.54, 1.807) is 6.92 Å². The first-order valence-electron chi connectivity index (χ1n) is 6.58. The summed E-state index contributed by atoms with van der Waals surface area (Å²) in [5.41, 5.74) is 0.548. The molecule has 2 nitrogen and oxygen atoms in total. The van der Waals surface area contributed by atoms with E-state index in [2.05, 4.69) is 0 Å². The first-order chi connectivity index (χ1) is 7.66. The van der Waals surface area contributed by atoms with E-state index in [1.165, 1.54) is 32.1 Å². The maximum atomic E-state index is 10.9. The molecule has 5 atom stereocenters. The van der Waals surface area contributed by atoms with Crippen LogP contribution in [0.3, 0.4) is 0 Å². The van der Waals surface area contributed by atoms with Crippen LogP contribution in [0.15, 0.2) is 11.6 Å². The van der Waals surface area contributed by atoms with Gasteiger partial charge in [0.1, 0.15) is 0 Å². The van der Waals surface area contributed by atoms with Crippen LogP contribution >= 0.6 is 0 Å². The normalized spacial score (nSPS) is 46.1. The van der Waals surface area contributed by atoms with Gasteiger partial charge in [0.25, 0.3) is 0 Å². The zero-order chi connectivity index (χ0) is 11.3. The van der Waals surface area contributed by atoms with Gasteiger partial charge < -0.3 is 5.11 Å². The number of carboxylic acids is 1. The van der Waals surface area contributed by atoms with E-state index >= 15 is 0 Å². The van der Waals surface area contributed by atoms with Crippen molar-refractivity contribution in [2.45, 2.75) is 39.0 Å². The zero-order valence-corrected chi connectivity index (χ0v) is 9.86. The molecule has 3 aliphatic carbocycles. The lowest BCUT2D eigenvalue weighted by Gasteiger charge is -2.30. The molecule has 0 aromatic heterocycles. The molecule has 0 radical (unpaired) electrons. The van der Waals surface area contributed by atoms with Gasteiger partial charge in [-0.2, -0.15) is 0 Å². The molecule has 16 heavy (non-hydrogen) atoms. The summed E-state index contributed by atoms with van der Waals surface area (Å²) >= 11 is 0. The van der Waals surface area contributed by atoms with Crippen molar-refractivity contribution in [2.24, 2.45) is 29.6 Å². The lowest BCUT2D eigenvalue weighted by Crippen LogP contribution is -2.23. The summed E-state index contributed by atoms with van der Waals surface area (Å²) in [6.45, 7) is 1.74. The molecule has 3 rings (SSSR count). The molecule has 0 amide bonds. The number of hydrogen-bond acceptors (Lipinski definition) is 1. The number of allylic oxidation sites excluding steroid dienone is 1. The first-order valence-corrected chi connectivity index (χ1v) is 6.58. The summed E-state index contributed by atoms with van der Waals surface area (Å²) in [6, 6.07) is 0. The third-order valence-corrected chi connectivity index (χ3v) is 5.28. The lowest BCUT2D eigenvalue weighted by molar-refractivity contribution is -0.132. The average Bonchev–Trinajstić information content (AvgIpc) is 2.87. The number of carboxylic acid groups (broad SMARTS) is 1. The van der Waals surface area contributed by atoms with E-state index in [-0.39, 0.29) is 0 Å². The number of hydrogen-bond donors (Lipinski definition) is 1. The van der Waals surface area contributed by atoms with E-state index in [9.17, 15) is 4.79 Å². The van der Waals surface area contributed by atoms with Crippen LogP contribution in [0.2, 0.25) is 0 Å². The Kier molecular flexibility index (Phi) is 2.34. The van der Waals surface area contributed by atoms with E-state index in [1.807, 2.05) is 6.08 Å². The topological polar surface area (TPSA) is 37.3 Å². The minimum absolute atomic E-state index is 0.548. The minimum Gasteiger partial charge on any atom is -0.478 e. The number of aliphatic carboxylic acids is 1. The van der Waals surface area contributed by atoms with Crippen LogP contribution in [0.1, 0.15) is 39.0 Å². The second-order valence-corrected chi connectivity index (χ2v) is 5.97. The highest BCUT2D eigenvalue weighted by Crippen LogP contribution is 2.61. The maximum absolute atomic E-state index is 10.9. The molecule has 0 aromatic carbocycles. The summed E-state index contributed by atoms with van der Waals surface area (Å²) < 4.78 is 0. The van der Waals surface area contributed by atoms with Gasteiger partial charge in [-0.25, -0.2) is 4.79 Å². The van der Waals surface area contributed by atoms with Crippen LogP contribution in [-0.2, 0) is 4.79 Å². The average molecular weight is 220 g/mol. The predicted molar refractivity (Wildman–Crippen MR) is 61.9 cm³/mol. The van der Waals surface area contributed by atoms with Gasteiger partial charge in [0.2, 0.25) is 0 Å². The van der Waals surface area contributed by atoms with Gasteiger partial charge in [0.15, 0.2) is 0 Å². The summed E-state index contributed by atoms with van der Waals surface area (Å²) in [6.07, 6.45) is 8.94. The van der Waals surface area contributed by atoms with E-state index in [4.69, 9.17) is 5.11 Å². The summed E-state index contributed by atoms with van der Waals surface area (Å²) in [5, 5.41) is 8.93. The van der Waals surface area contributed by atoms with Crippen LogP contribution in [0.5, 0.6) is 0 Å². The SMILES string of the molecule is CC(=CC1CC2CC1C1CCCC21)C(=O)O. The lowest BCUT2D eigenvalue weighted by atomic mass is 9.75. The monoisotopic (exact) mass is 220 g/mol. The van der Waals surface area contributed by atoms with Crippen molar-refractivity contribution < 1.29 is 9.90 Å². The molecule has 3 fully saturated rings. The van der Waals surface area contributed by atoms with Gasteiger partial charge in [0.05, 0.1) is 0 Å². The molecule has 0 aromatic rings. The van der Waals surface area contributed by atoms with Crippen LogP contribution in [0.4, 0.5) is 0 Å². The fraction of sp³-hybridized carbons (Fsp3) is 0.786. The second kappa shape index (κ2) is 3.61. The van der Waals surface area contributed by atoms with Crippen molar-refractivity contribution in [3.05, 3.63) is 11.6 Å². The molecule has 5 unspecified atom stereocenters. The van der Waals surface area contributed by atoms with E-state index in [0.717, 1.165) is 23.7 Å². The van der Waals surface area contributed by atoms with Gasteiger partial charge in [-0.15, -0.1) is 0 Å².